The van der Waals surface area contributed by atoms with Crippen LogP contribution in [0.15, 0.2) is 18.2 Å². The largest absolute Gasteiger partial charge is 0.506 e. The third kappa shape index (κ3) is 1.70. The van der Waals surface area contributed by atoms with Crippen LogP contribution in [0.1, 0.15) is 5.56 Å². The van der Waals surface area contributed by atoms with E-state index in [9.17, 15) is 4.79 Å². The summed E-state index contributed by atoms with van der Waals surface area (Å²) < 4.78 is 0. The lowest BCUT2D eigenvalue weighted by Gasteiger charge is -2.01. The molecule has 0 spiro atoms. The number of aryl methyl sites for hydroxylation is 1. The number of aromatic hydroxyl groups is 1. The van der Waals surface area contributed by atoms with Crippen LogP contribution in [0.5, 0.6) is 5.75 Å². The molecule has 0 saturated carbocycles. The maximum absolute atomic E-state index is 9.89. The second-order valence-electron chi connectivity index (χ2n) is 2.25. The van der Waals surface area contributed by atoms with E-state index >= 15 is 0 Å². The Balaban J connectivity index is 3.01. The number of phenolic OH excluding ortho intramolecular Hbond substituents is 1. The van der Waals surface area contributed by atoms with Gasteiger partial charge in [-0.25, -0.2) is 0 Å². The Labute approximate surface area is 64.7 Å². The number of phenols is 1. The van der Waals surface area contributed by atoms with E-state index in [1.165, 1.54) is 12.5 Å². The number of hydrogen-bond acceptors (Lipinski definition) is 2. The molecule has 0 saturated heterocycles. The van der Waals surface area contributed by atoms with E-state index in [-0.39, 0.29) is 5.75 Å². The second-order valence-corrected chi connectivity index (χ2v) is 2.25. The Morgan fingerprint density at radius 2 is 2.27 bits per heavy atom. The molecule has 1 aromatic rings. The van der Waals surface area contributed by atoms with Crippen molar-refractivity contribution >= 4 is 12.1 Å². The number of carbonyl (C=O) groups excluding carboxylic acids is 1. The highest BCUT2D eigenvalue weighted by atomic mass is 16.3. The predicted molar refractivity (Wildman–Crippen MR) is 42.2 cm³/mol. The number of amides is 1. The van der Waals surface area contributed by atoms with Crippen LogP contribution in [0, 0.1) is 6.92 Å². The summed E-state index contributed by atoms with van der Waals surface area (Å²) in [6.45, 7) is 1.87. The van der Waals surface area contributed by atoms with E-state index in [4.69, 9.17) is 5.11 Å². The summed E-state index contributed by atoms with van der Waals surface area (Å²) in [6.07, 6.45) is 1.49. The molecule has 57 valence electrons. The molecule has 1 amide bonds. The van der Waals surface area contributed by atoms with E-state index in [1.807, 2.05) is 6.92 Å². The zero-order valence-corrected chi connectivity index (χ0v) is 6.09. The molecule has 1 rings (SSSR count). The Morgan fingerprint density at radius 3 is 2.91 bits per heavy atom. The zero-order valence-electron chi connectivity index (χ0n) is 6.09. The van der Waals surface area contributed by atoms with Crippen LogP contribution in [-0.2, 0) is 4.79 Å². The first kappa shape index (κ1) is 7.60. The van der Waals surface area contributed by atoms with Crippen LogP contribution in [0.2, 0.25) is 0 Å². The Kier molecular flexibility index (Phi) is 2.11. The number of anilines is 1. The average molecular weight is 150 g/mol. The van der Waals surface area contributed by atoms with Crippen molar-refractivity contribution in [3.63, 3.8) is 0 Å². The van der Waals surface area contributed by atoms with Gasteiger partial charge < -0.3 is 10.4 Å². The highest BCUT2D eigenvalue weighted by Crippen LogP contribution is 2.22. The molecule has 11 heavy (non-hydrogen) atoms. The van der Waals surface area contributed by atoms with Crippen molar-refractivity contribution in [1.29, 1.82) is 0 Å². The third-order valence-electron chi connectivity index (χ3n) is 1.34. The lowest BCUT2D eigenvalue weighted by atomic mass is 10.2. The van der Waals surface area contributed by atoms with Gasteiger partial charge in [-0.15, -0.1) is 0 Å². The molecule has 0 aromatic heterocycles. The Morgan fingerprint density at radius 1 is 1.55 bits per heavy atom. The monoisotopic (exact) mass is 150 g/mol. The molecule has 2 N–H and O–H groups in total. The van der Waals surface area contributed by atoms with Crippen molar-refractivity contribution in [3.8, 4) is 5.75 Å². The molecular weight excluding hydrogens is 142 g/mol. The summed E-state index contributed by atoms with van der Waals surface area (Å²) in [6, 6.07) is 4.94. The van der Waals surface area contributed by atoms with Gasteiger partial charge in [-0.1, -0.05) is 6.07 Å². The van der Waals surface area contributed by atoms with Gasteiger partial charge in [0.25, 0.3) is 0 Å². The molecule has 0 aliphatic heterocycles. The smallest absolute Gasteiger partial charge is 0.314 e. The van der Waals surface area contributed by atoms with Gasteiger partial charge in [0, 0.05) is 0 Å². The van der Waals surface area contributed by atoms with Crippen LogP contribution < -0.4 is 5.32 Å². The molecular formula is C8H8NO2. The third-order valence-corrected chi connectivity index (χ3v) is 1.34. The van der Waals surface area contributed by atoms with Crippen LogP contribution in [0.25, 0.3) is 0 Å². The van der Waals surface area contributed by atoms with Gasteiger partial charge in [-0.05, 0) is 24.6 Å². The summed E-state index contributed by atoms with van der Waals surface area (Å²) in [5, 5.41) is 11.4. The van der Waals surface area contributed by atoms with Gasteiger partial charge in [0.1, 0.15) is 5.75 Å². The Hall–Kier alpha value is -1.51. The molecule has 0 bridgehead atoms. The molecule has 0 aliphatic rings. The number of rotatable bonds is 2. The first-order valence-electron chi connectivity index (χ1n) is 3.17. The molecule has 3 nitrogen and oxygen atoms in total. The maximum atomic E-state index is 9.89. The van der Waals surface area contributed by atoms with Gasteiger partial charge in [0.2, 0.25) is 0 Å². The molecule has 0 aliphatic carbocycles. The topological polar surface area (TPSA) is 49.3 Å². The van der Waals surface area contributed by atoms with Gasteiger partial charge in [-0.3, -0.25) is 4.79 Å². The average Bonchev–Trinajstić information content (AvgIpc) is 1.98. The summed E-state index contributed by atoms with van der Waals surface area (Å²) in [7, 11) is 0. The van der Waals surface area contributed by atoms with Crippen molar-refractivity contribution in [2.45, 2.75) is 6.92 Å². The minimum atomic E-state index is 0.0546. The quantitative estimate of drug-likeness (QED) is 0.491. The van der Waals surface area contributed by atoms with Crippen LogP contribution in [0.4, 0.5) is 5.69 Å². The molecule has 3 heteroatoms. The van der Waals surface area contributed by atoms with E-state index in [0.717, 1.165) is 5.56 Å². The van der Waals surface area contributed by atoms with Crippen molar-refractivity contribution in [2.24, 2.45) is 0 Å². The fraction of sp³-hybridized carbons (Fsp3) is 0.125. The second kappa shape index (κ2) is 3.05. The first-order valence-corrected chi connectivity index (χ1v) is 3.17. The first-order chi connectivity index (χ1) is 5.24. The fourth-order valence-corrected chi connectivity index (χ4v) is 0.805. The summed E-state index contributed by atoms with van der Waals surface area (Å²) in [5.74, 6) is 0.0546. The van der Waals surface area contributed by atoms with Crippen molar-refractivity contribution in [3.05, 3.63) is 23.8 Å². The molecule has 0 atom stereocenters. The van der Waals surface area contributed by atoms with Crippen LogP contribution in [0.3, 0.4) is 0 Å². The maximum Gasteiger partial charge on any atom is 0.314 e. The minimum Gasteiger partial charge on any atom is -0.506 e. The standard InChI is InChI=1S/C8H8NO2/c1-6-2-3-8(11)7(4-6)9-5-10/h2-4,11H,1H3,(H,9,10). The predicted octanol–water partition coefficient (Wildman–Crippen LogP) is 1.18. The molecule has 1 aromatic carbocycles. The van der Waals surface area contributed by atoms with Gasteiger partial charge >= 0.3 is 6.41 Å². The van der Waals surface area contributed by atoms with Gasteiger partial charge in [0.15, 0.2) is 0 Å². The Bertz CT molecular complexity index is 271. The van der Waals surface area contributed by atoms with E-state index < -0.39 is 0 Å². The number of nitrogens with one attached hydrogen (secondary N) is 1. The highest BCUT2D eigenvalue weighted by Gasteiger charge is 1.98. The summed E-state index contributed by atoms with van der Waals surface area (Å²) >= 11 is 0. The normalized spacial score (nSPS) is 9.18. The van der Waals surface area contributed by atoms with Crippen molar-refractivity contribution in [1.82, 2.24) is 0 Å². The highest BCUT2D eigenvalue weighted by molar-refractivity contribution is 5.75. The van der Waals surface area contributed by atoms with Gasteiger partial charge in [0.05, 0.1) is 5.69 Å². The van der Waals surface area contributed by atoms with E-state index in [1.54, 1.807) is 12.1 Å². The number of benzene rings is 1. The summed E-state index contributed by atoms with van der Waals surface area (Å²) in [5.41, 5.74) is 1.36. The lowest BCUT2D eigenvalue weighted by molar-refractivity contribution is 0.477. The lowest BCUT2D eigenvalue weighted by Crippen LogP contribution is -1.93. The number of hydrogen-bond donors (Lipinski definition) is 2. The van der Waals surface area contributed by atoms with Crippen LogP contribution in [-0.4, -0.2) is 11.5 Å². The summed E-state index contributed by atoms with van der Waals surface area (Å²) in [4.78, 5) is 9.89. The SMILES string of the molecule is Cc1ccc(O)c(N[C]=O)c1. The zero-order chi connectivity index (χ0) is 8.27. The van der Waals surface area contributed by atoms with Crippen molar-refractivity contribution in [2.75, 3.05) is 5.32 Å². The molecule has 1 radical (unpaired) electrons. The molecule has 0 heterocycles. The van der Waals surface area contributed by atoms with Crippen molar-refractivity contribution < 1.29 is 9.90 Å². The molecule has 0 unspecified atom stereocenters. The molecule has 0 fully saturated rings. The minimum absolute atomic E-state index is 0.0546. The van der Waals surface area contributed by atoms with Crippen LogP contribution >= 0.6 is 0 Å². The fourth-order valence-electron chi connectivity index (χ4n) is 0.805. The van der Waals surface area contributed by atoms with E-state index in [2.05, 4.69) is 5.32 Å². The van der Waals surface area contributed by atoms with E-state index in [0.29, 0.717) is 5.69 Å². The van der Waals surface area contributed by atoms with Gasteiger partial charge in [-0.2, -0.15) is 0 Å².